The minimum absolute atomic E-state index is 0.105. The van der Waals surface area contributed by atoms with Gasteiger partial charge < -0.3 is 9.59 Å². The Hall–Kier alpha value is -1.64. The molecule has 118 valence electrons. The van der Waals surface area contributed by atoms with Crippen molar-refractivity contribution >= 4 is 0 Å². The SMILES string of the molecule is CC[N+](C)(CC)C[C@@H](c1ccccc1)[C@H](O)c1ccccc1. The Balaban J connectivity index is 2.34. The number of nitrogens with zero attached hydrogens (tertiary/aromatic N) is 1. The highest BCUT2D eigenvalue weighted by molar-refractivity contribution is 5.26. The summed E-state index contributed by atoms with van der Waals surface area (Å²) in [4.78, 5) is 0. The van der Waals surface area contributed by atoms with E-state index in [4.69, 9.17) is 0 Å². The fourth-order valence-corrected chi connectivity index (χ4v) is 2.93. The highest BCUT2D eigenvalue weighted by atomic mass is 16.3. The lowest BCUT2D eigenvalue weighted by Crippen LogP contribution is -2.47. The molecule has 2 atom stereocenters. The van der Waals surface area contributed by atoms with Crippen molar-refractivity contribution in [3.05, 3.63) is 71.8 Å². The maximum absolute atomic E-state index is 11.0. The zero-order valence-corrected chi connectivity index (χ0v) is 13.9. The quantitative estimate of drug-likeness (QED) is 0.766. The molecular formula is C20H28NO+. The first kappa shape index (κ1) is 16.7. The number of quaternary nitrogens is 1. The van der Waals surface area contributed by atoms with E-state index in [1.54, 1.807) is 0 Å². The third kappa shape index (κ3) is 3.96. The number of hydrogen-bond donors (Lipinski definition) is 1. The van der Waals surface area contributed by atoms with Crippen molar-refractivity contribution in [3.8, 4) is 0 Å². The fraction of sp³-hybridized carbons (Fsp3) is 0.400. The molecule has 0 aromatic heterocycles. The molecule has 2 aromatic rings. The molecule has 0 aliphatic rings. The first-order valence-electron chi connectivity index (χ1n) is 8.21. The predicted octanol–water partition coefficient (Wildman–Crippen LogP) is 3.99. The van der Waals surface area contributed by atoms with Gasteiger partial charge in [0.1, 0.15) is 0 Å². The monoisotopic (exact) mass is 298 g/mol. The van der Waals surface area contributed by atoms with E-state index < -0.39 is 6.10 Å². The van der Waals surface area contributed by atoms with E-state index in [-0.39, 0.29) is 5.92 Å². The van der Waals surface area contributed by atoms with Gasteiger partial charge in [-0.3, -0.25) is 0 Å². The molecule has 0 saturated carbocycles. The molecule has 0 unspecified atom stereocenters. The van der Waals surface area contributed by atoms with Gasteiger partial charge in [0.05, 0.1) is 38.7 Å². The Kier molecular flexibility index (Phi) is 5.76. The first-order chi connectivity index (χ1) is 10.6. The third-order valence-electron chi connectivity index (χ3n) is 4.91. The van der Waals surface area contributed by atoms with E-state index in [1.807, 2.05) is 36.4 Å². The maximum atomic E-state index is 11.0. The van der Waals surface area contributed by atoms with E-state index in [2.05, 4.69) is 45.2 Å². The Labute approximate surface area is 134 Å². The molecule has 0 fully saturated rings. The fourth-order valence-electron chi connectivity index (χ4n) is 2.93. The summed E-state index contributed by atoms with van der Waals surface area (Å²) in [5.74, 6) is 0.105. The van der Waals surface area contributed by atoms with Crippen LogP contribution < -0.4 is 0 Å². The summed E-state index contributed by atoms with van der Waals surface area (Å²) in [6.45, 7) is 7.52. The molecule has 2 rings (SSSR count). The van der Waals surface area contributed by atoms with Gasteiger partial charge in [-0.1, -0.05) is 60.7 Å². The molecule has 0 aliphatic heterocycles. The summed E-state index contributed by atoms with van der Waals surface area (Å²) in [6.07, 6.45) is -0.473. The average molecular weight is 298 g/mol. The highest BCUT2D eigenvalue weighted by Gasteiger charge is 2.30. The van der Waals surface area contributed by atoms with Crippen molar-refractivity contribution in [2.75, 3.05) is 26.7 Å². The van der Waals surface area contributed by atoms with Crippen molar-refractivity contribution in [3.63, 3.8) is 0 Å². The van der Waals surface area contributed by atoms with Gasteiger partial charge in [0.2, 0.25) is 0 Å². The molecule has 0 spiro atoms. The molecule has 0 heterocycles. The Morgan fingerprint density at radius 2 is 1.27 bits per heavy atom. The van der Waals surface area contributed by atoms with Crippen LogP contribution in [-0.4, -0.2) is 36.3 Å². The second kappa shape index (κ2) is 7.57. The molecule has 0 aliphatic carbocycles. The van der Waals surface area contributed by atoms with Crippen LogP contribution in [0.4, 0.5) is 0 Å². The van der Waals surface area contributed by atoms with Crippen molar-refractivity contribution < 1.29 is 9.59 Å². The summed E-state index contributed by atoms with van der Waals surface area (Å²) in [5.41, 5.74) is 2.21. The maximum Gasteiger partial charge on any atom is 0.0912 e. The largest absolute Gasteiger partial charge is 0.388 e. The van der Waals surface area contributed by atoms with Crippen LogP contribution in [-0.2, 0) is 0 Å². The van der Waals surface area contributed by atoms with Crippen molar-refractivity contribution in [1.29, 1.82) is 0 Å². The number of hydrogen-bond acceptors (Lipinski definition) is 1. The van der Waals surface area contributed by atoms with E-state index in [9.17, 15) is 5.11 Å². The van der Waals surface area contributed by atoms with E-state index in [0.29, 0.717) is 0 Å². The molecule has 0 bridgehead atoms. The van der Waals surface area contributed by atoms with Crippen LogP contribution in [0.3, 0.4) is 0 Å². The lowest BCUT2D eigenvalue weighted by Gasteiger charge is -2.37. The molecule has 0 amide bonds. The van der Waals surface area contributed by atoms with Gasteiger partial charge in [-0.2, -0.15) is 0 Å². The van der Waals surface area contributed by atoms with E-state index in [1.165, 1.54) is 5.56 Å². The molecular weight excluding hydrogens is 270 g/mol. The van der Waals surface area contributed by atoms with Crippen LogP contribution in [0, 0.1) is 0 Å². The second-order valence-corrected chi connectivity index (χ2v) is 6.31. The number of aliphatic hydroxyl groups is 1. The van der Waals surface area contributed by atoms with Crippen LogP contribution in [0.25, 0.3) is 0 Å². The minimum atomic E-state index is -0.473. The minimum Gasteiger partial charge on any atom is -0.388 e. The highest BCUT2D eigenvalue weighted by Crippen LogP contribution is 2.33. The van der Waals surface area contributed by atoms with Gasteiger partial charge in [0, 0.05) is 0 Å². The topological polar surface area (TPSA) is 20.2 Å². The Morgan fingerprint density at radius 1 is 0.818 bits per heavy atom. The molecule has 2 nitrogen and oxygen atoms in total. The van der Waals surface area contributed by atoms with Gasteiger partial charge >= 0.3 is 0 Å². The van der Waals surface area contributed by atoms with Crippen LogP contribution in [0.1, 0.15) is 37.0 Å². The van der Waals surface area contributed by atoms with E-state index in [0.717, 1.165) is 29.7 Å². The third-order valence-corrected chi connectivity index (χ3v) is 4.91. The van der Waals surface area contributed by atoms with Crippen molar-refractivity contribution in [2.24, 2.45) is 0 Å². The summed E-state index contributed by atoms with van der Waals surface area (Å²) < 4.78 is 0.962. The number of aliphatic hydroxyl groups excluding tert-OH is 1. The summed E-state index contributed by atoms with van der Waals surface area (Å²) >= 11 is 0. The van der Waals surface area contributed by atoms with E-state index >= 15 is 0 Å². The summed E-state index contributed by atoms with van der Waals surface area (Å²) in [6, 6.07) is 20.4. The molecule has 0 radical (unpaired) electrons. The first-order valence-corrected chi connectivity index (χ1v) is 8.21. The number of rotatable bonds is 7. The molecule has 2 heteroatoms. The Morgan fingerprint density at radius 3 is 1.73 bits per heavy atom. The number of benzene rings is 2. The van der Waals surface area contributed by atoms with Gasteiger partial charge in [-0.15, -0.1) is 0 Å². The predicted molar refractivity (Wildman–Crippen MR) is 92.7 cm³/mol. The molecule has 2 aromatic carbocycles. The van der Waals surface area contributed by atoms with Crippen LogP contribution >= 0.6 is 0 Å². The van der Waals surface area contributed by atoms with Crippen LogP contribution in [0.2, 0.25) is 0 Å². The number of likely N-dealkylation sites (N-methyl/N-ethyl adjacent to an activating group) is 1. The lowest BCUT2D eigenvalue weighted by atomic mass is 9.88. The standard InChI is InChI=1S/C20H28NO/c1-4-21(3,5-2)16-19(17-12-8-6-9-13-17)20(22)18-14-10-7-11-15-18/h6-15,19-20,22H,4-5,16H2,1-3H3/q+1/t19-,20+/m0/s1. The summed E-state index contributed by atoms with van der Waals surface area (Å²) in [5, 5.41) is 11.0. The average Bonchev–Trinajstić information content (AvgIpc) is 2.60. The Bertz CT molecular complexity index is 548. The lowest BCUT2D eigenvalue weighted by molar-refractivity contribution is -0.908. The molecule has 1 N–H and O–H groups in total. The van der Waals surface area contributed by atoms with Gasteiger partial charge in [-0.25, -0.2) is 0 Å². The second-order valence-electron chi connectivity index (χ2n) is 6.31. The normalized spacial score (nSPS) is 14.5. The summed E-state index contributed by atoms with van der Waals surface area (Å²) in [7, 11) is 2.27. The smallest absolute Gasteiger partial charge is 0.0912 e. The van der Waals surface area contributed by atoms with Crippen LogP contribution in [0.15, 0.2) is 60.7 Å². The van der Waals surface area contributed by atoms with Gasteiger partial charge in [-0.05, 0) is 25.0 Å². The van der Waals surface area contributed by atoms with Crippen molar-refractivity contribution in [1.82, 2.24) is 0 Å². The van der Waals surface area contributed by atoms with Crippen molar-refractivity contribution in [2.45, 2.75) is 25.9 Å². The van der Waals surface area contributed by atoms with Crippen LogP contribution in [0.5, 0.6) is 0 Å². The zero-order chi connectivity index (χ0) is 16.0. The molecule has 22 heavy (non-hydrogen) atoms. The molecule has 0 saturated heterocycles. The van der Waals surface area contributed by atoms with Gasteiger partial charge in [0.15, 0.2) is 0 Å². The van der Waals surface area contributed by atoms with Gasteiger partial charge in [0.25, 0.3) is 0 Å². The zero-order valence-electron chi connectivity index (χ0n) is 13.9.